The van der Waals surface area contributed by atoms with Gasteiger partial charge >= 0.3 is 15.5 Å². The molecule has 0 heterocycles. The largest absolute Gasteiger partial charge is 0.511 e. The van der Waals surface area contributed by atoms with Crippen molar-refractivity contribution in [2.45, 2.75) is 5.51 Å². The zero-order chi connectivity index (χ0) is 11.7. The van der Waals surface area contributed by atoms with Gasteiger partial charge in [-0.2, -0.15) is 17.0 Å². The van der Waals surface area contributed by atoms with Crippen molar-refractivity contribution >= 4 is 20.8 Å². The van der Waals surface area contributed by atoms with E-state index in [2.05, 4.69) is 0 Å². The van der Waals surface area contributed by atoms with E-state index in [1.807, 2.05) is 0 Å². The number of sulfonamides is 1. The highest BCUT2D eigenvalue weighted by molar-refractivity contribution is 7.98. The summed E-state index contributed by atoms with van der Waals surface area (Å²) in [6.07, 6.45) is 0. The Bertz CT molecular complexity index is 362. The first-order chi connectivity index (χ1) is 6.01. The summed E-state index contributed by atoms with van der Waals surface area (Å²) >= 11 is 0. The smallest absolute Gasteiger partial charge is 0.428 e. The van der Waals surface area contributed by atoms with Crippen LogP contribution in [-0.2, 0) is 25.0 Å². The van der Waals surface area contributed by atoms with E-state index in [0.717, 1.165) is 14.1 Å². The number of rotatable bonds is 3. The summed E-state index contributed by atoms with van der Waals surface area (Å²) in [5.41, 5.74) is -5.58. The summed E-state index contributed by atoms with van der Waals surface area (Å²) in [4.78, 5) is 0. The molecule has 0 aliphatic heterocycles. The fraction of sp³-hybridized carbons (Fsp3) is 1.00. The average Bonchev–Trinajstić information content (AvgIpc) is 1.79. The molecule has 0 aromatic rings. The molecule has 0 rings (SSSR count). The summed E-state index contributed by atoms with van der Waals surface area (Å²) in [5.74, 6) is 0. The molecule has 6 nitrogen and oxygen atoms in total. The molecule has 0 spiro atoms. The number of hydrazine groups is 1. The number of hydrogen-bond acceptors (Lipinski definition) is 6. The highest BCUT2D eigenvalue weighted by atomic mass is 32.3. The first kappa shape index (κ1) is 13.6. The van der Waals surface area contributed by atoms with Crippen molar-refractivity contribution < 1.29 is 25.8 Å². The Labute approximate surface area is 80.5 Å². The lowest BCUT2D eigenvalue weighted by Crippen LogP contribution is -2.46. The van der Waals surface area contributed by atoms with Crippen molar-refractivity contribution in [3.63, 3.8) is 0 Å². The highest BCUT2D eigenvalue weighted by Crippen LogP contribution is 2.27. The molecule has 0 saturated carbocycles. The Kier molecular flexibility index (Phi) is 3.89. The number of alkyl halides is 3. The highest BCUT2D eigenvalue weighted by Gasteiger charge is 2.49. The van der Waals surface area contributed by atoms with Crippen molar-refractivity contribution in [2.24, 2.45) is 0 Å². The van der Waals surface area contributed by atoms with Crippen LogP contribution in [-0.4, -0.2) is 36.8 Å². The molecule has 11 heteroatoms. The number of nitrogens with zero attached hydrogens (tertiary/aromatic N) is 2. The zero-order valence-electron chi connectivity index (χ0n) is 7.07. The molecular formula is C3H7F3N3O3S2-. The van der Waals surface area contributed by atoms with E-state index in [4.69, 9.17) is 4.78 Å². The summed E-state index contributed by atoms with van der Waals surface area (Å²) in [6, 6.07) is 0. The van der Waals surface area contributed by atoms with Gasteiger partial charge in [0, 0.05) is 14.1 Å². The van der Waals surface area contributed by atoms with Crippen molar-refractivity contribution in [1.29, 1.82) is 4.78 Å². The SMILES string of the molecule is CN(C)N([S-](=N)=O)S(=O)(=O)C(F)(F)F. The molecular weight excluding hydrogens is 247 g/mol. The van der Waals surface area contributed by atoms with Crippen LogP contribution in [0.15, 0.2) is 0 Å². The molecule has 0 aliphatic carbocycles. The van der Waals surface area contributed by atoms with Gasteiger partial charge in [0.1, 0.15) is 0 Å². The topological polar surface area (TPSA) is 81.5 Å². The number of nitrogens with one attached hydrogen (secondary N) is 1. The average molecular weight is 254 g/mol. The fourth-order valence-electron chi connectivity index (χ4n) is 0.541. The number of hydrogen-bond donors (Lipinski definition) is 1. The van der Waals surface area contributed by atoms with Crippen LogP contribution in [0, 0.1) is 4.78 Å². The Morgan fingerprint density at radius 3 is 1.71 bits per heavy atom. The van der Waals surface area contributed by atoms with Crippen LogP contribution in [0.1, 0.15) is 0 Å². The van der Waals surface area contributed by atoms with Crippen molar-refractivity contribution in [3.8, 4) is 0 Å². The van der Waals surface area contributed by atoms with Gasteiger partial charge < -0.3 is 8.99 Å². The molecule has 0 aromatic heterocycles. The van der Waals surface area contributed by atoms with E-state index < -0.39 is 30.1 Å². The first-order valence-electron chi connectivity index (χ1n) is 2.93. The van der Waals surface area contributed by atoms with Crippen LogP contribution in [0.5, 0.6) is 0 Å². The summed E-state index contributed by atoms with van der Waals surface area (Å²) < 4.78 is 73.5. The lowest BCUT2D eigenvalue weighted by Gasteiger charge is -2.30. The van der Waals surface area contributed by atoms with Crippen LogP contribution < -0.4 is 0 Å². The molecule has 0 fully saturated rings. The lowest BCUT2D eigenvalue weighted by molar-refractivity contribution is -0.0508. The number of halogens is 3. The molecule has 0 aromatic carbocycles. The van der Waals surface area contributed by atoms with Crippen molar-refractivity contribution in [2.75, 3.05) is 14.1 Å². The van der Waals surface area contributed by atoms with E-state index in [0.29, 0.717) is 5.01 Å². The summed E-state index contributed by atoms with van der Waals surface area (Å²) in [7, 11) is -6.96. The quantitative estimate of drug-likeness (QED) is 0.578. The van der Waals surface area contributed by atoms with Crippen LogP contribution in [0.25, 0.3) is 0 Å². The second-order valence-corrected chi connectivity index (χ2v) is 5.09. The van der Waals surface area contributed by atoms with Crippen LogP contribution in [0.2, 0.25) is 0 Å². The zero-order valence-corrected chi connectivity index (χ0v) is 8.70. The maximum absolute atomic E-state index is 11.9. The third kappa shape index (κ3) is 2.56. The molecule has 0 unspecified atom stereocenters. The Balaban J connectivity index is 5.47. The standard InChI is InChI=1S/C3H7F3N3O3S2/c1-8(2)9(13(7)10)14(11,12)3(4,5)6/h7H,1-2H3/q-1. The predicted octanol–water partition coefficient (Wildman–Crippen LogP) is 0.256. The van der Waals surface area contributed by atoms with Gasteiger partial charge in [-0.05, 0) is 0 Å². The van der Waals surface area contributed by atoms with Crippen LogP contribution in [0.4, 0.5) is 13.2 Å². The minimum Gasteiger partial charge on any atom is -0.428 e. The van der Waals surface area contributed by atoms with Crippen molar-refractivity contribution in [1.82, 2.24) is 8.83 Å². The molecule has 0 bridgehead atoms. The molecule has 0 radical (unpaired) electrons. The minimum absolute atomic E-state index is 0.409. The van der Waals surface area contributed by atoms with Gasteiger partial charge in [-0.15, -0.1) is 0 Å². The van der Waals surface area contributed by atoms with Gasteiger partial charge in [-0.3, -0.25) is 5.01 Å². The second kappa shape index (κ2) is 4.00. The van der Waals surface area contributed by atoms with Crippen molar-refractivity contribution in [3.05, 3.63) is 0 Å². The summed E-state index contributed by atoms with van der Waals surface area (Å²) in [5, 5.41) is 0.409. The third-order valence-electron chi connectivity index (χ3n) is 0.967. The normalized spacial score (nSPS) is 14.3. The van der Waals surface area contributed by atoms with E-state index in [-0.39, 0.29) is 0 Å². The van der Waals surface area contributed by atoms with Crippen LogP contribution in [0.3, 0.4) is 0 Å². The maximum atomic E-state index is 11.9. The predicted molar refractivity (Wildman–Crippen MR) is 41.3 cm³/mol. The molecule has 86 valence electrons. The Hall–Kier alpha value is -0.390. The first-order valence-corrected chi connectivity index (χ1v) is 5.48. The van der Waals surface area contributed by atoms with Gasteiger partial charge in [0.2, 0.25) is 0 Å². The maximum Gasteiger partial charge on any atom is 0.511 e. The second-order valence-electron chi connectivity index (χ2n) is 2.26. The Morgan fingerprint density at radius 1 is 1.29 bits per heavy atom. The minimum atomic E-state index is -5.77. The molecule has 0 aliphatic rings. The molecule has 14 heavy (non-hydrogen) atoms. The monoisotopic (exact) mass is 254 g/mol. The molecule has 0 atom stereocenters. The Morgan fingerprint density at radius 2 is 1.64 bits per heavy atom. The van der Waals surface area contributed by atoms with Gasteiger partial charge in [-0.1, -0.05) is 10.8 Å². The van der Waals surface area contributed by atoms with E-state index in [1.165, 1.54) is 0 Å². The fourth-order valence-corrected chi connectivity index (χ4v) is 2.41. The molecule has 0 amide bonds. The summed E-state index contributed by atoms with van der Waals surface area (Å²) in [6.45, 7) is 0. The van der Waals surface area contributed by atoms with Gasteiger partial charge in [0.15, 0.2) is 0 Å². The van der Waals surface area contributed by atoms with E-state index in [1.54, 1.807) is 0 Å². The van der Waals surface area contributed by atoms with Gasteiger partial charge in [0.05, 0.1) is 0 Å². The third-order valence-corrected chi connectivity index (χ3v) is 3.89. The molecule has 0 saturated heterocycles. The van der Waals surface area contributed by atoms with Gasteiger partial charge in [0.25, 0.3) is 0 Å². The van der Waals surface area contributed by atoms with Crippen LogP contribution >= 0.6 is 0 Å². The van der Waals surface area contributed by atoms with E-state index >= 15 is 0 Å². The molecule has 1 N–H and O–H groups in total. The van der Waals surface area contributed by atoms with E-state index in [9.17, 15) is 25.8 Å². The lowest BCUT2D eigenvalue weighted by atomic mass is 11.2. The van der Waals surface area contributed by atoms with Gasteiger partial charge in [-0.25, -0.2) is 8.42 Å².